The van der Waals surface area contributed by atoms with Gasteiger partial charge in [-0.25, -0.2) is 4.79 Å². The average Bonchev–Trinajstić information content (AvgIpc) is 2.60. The molecule has 0 unspecified atom stereocenters. The van der Waals surface area contributed by atoms with E-state index in [0.717, 1.165) is 35.1 Å². The minimum Gasteiger partial charge on any atom is -0.452 e. The Kier molecular flexibility index (Phi) is 6.48. The molecule has 0 aliphatic heterocycles. The van der Waals surface area contributed by atoms with Gasteiger partial charge in [-0.1, -0.05) is 26.7 Å². The molecular weight excluding hydrogens is 326 g/mol. The van der Waals surface area contributed by atoms with E-state index >= 15 is 0 Å². The Morgan fingerprint density at radius 3 is 2.04 bits per heavy atom. The number of benzene rings is 1. The van der Waals surface area contributed by atoms with Gasteiger partial charge in [0.25, 0.3) is 5.91 Å². The van der Waals surface area contributed by atoms with Crippen LogP contribution in [0.1, 0.15) is 71.3 Å². The maximum atomic E-state index is 12.6. The van der Waals surface area contributed by atoms with Gasteiger partial charge in [0, 0.05) is 6.04 Å². The van der Waals surface area contributed by atoms with Crippen LogP contribution in [0.3, 0.4) is 0 Å². The second kappa shape index (κ2) is 8.24. The zero-order chi connectivity index (χ0) is 19.6. The summed E-state index contributed by atoms with van der Waals surface area (Å²) in [5.41, 5.74) is 5.88. The predicted octanol–water partition coefficient (Wildman–Crippen LogP) is 4.33. The van der Waals surface area contributed by atoms with Crippen LogP contribution in [-0.2, 0) is 9.53 Å². The Bertz CT molecular complexity index is 679. The van der Waals surface area contributed by atoms with Crippen LogP contribution in [0.4, 0.5) is 0 Å². The molecule has 1 aromatic rings. The molecule has 0 bridgehead atoms. The first kappa shape index (κ1) is 20.5. The van der Waals surface area contributed by atoms with E-state index in [-0.39, 0.29) is 18.6 Å². The summed E-state index contributed by atoms with van der Waals surface area (Å²) in [6.07, 6.45) is 3.35. The van der Waals surface area contributed by atoms with Gasteiger partial charge in [-0.05, 0) is 80.7 Å². The molecule has 0 radical (unpaired) electrons. The molecule has 1 N–H and O–H groups in total. The summed E-state index contributed by atoms with van der Waals surface area (Å²) in [5.74, 6) is 0.447. The predicted molar refractivity (Wildman–Crippen MR) is 105 cm³/mol. The van der Waals surface area contributed by atoms with Crippen molar-refractivity contribution in [2.75, 3.05) is 6.61 Å². The van der Waals surface area contributed by atoms with Gasteiger partial charge in [-0.3, -0.25) is 4.79 Å². The van der Waals surface area contributed by atoms with E-state index in [1.807, 2.05) is 27.7 Å². The number of carbonyl (C=O) groups is 2. The molecule has 26 heavy (non-hydrogen) atoms. The molecule has 0 heterocycles. The fraction of sp³-hybridized carbons (Fsp3) is 0.636. The second-order valence-corrected chi connectivity index (χ2v) is 8.02. The van der Waals surface area contributed by atoms with E-state index in [1.165, 1.54) is 12.0 Å². The second-order valence-electron chi connectivity index (χ2n) is 8.02. The van der Waals surface area contributed by atoms with Crippen LogP contribution in [-0.4, -0.2) is 24.5 Å². The summed E-state index contributed by atoms with van der Waals surface area (Å²) < 4.78 is 5.35. The first-order chi connectivity index (χ1) is 12.1. The number of esters is 1. The van der Waals surface area contributed by atoms with Gasteiger partial charge in [0.15, 0.2) is 6.61 Å². The quantitative estimate of drug-likeness (QED) is 0.814. The van der Waals surface area contributed by atoms with Crippen molar-refractivity contribution in [1.82, 2.24) is 5.32 Å². The lowest BCUT2D eigenvalue weighted by molar-refractivity contribution is -0.125. The summed E-state index contributed by atoms with van der Waals surface area (Å²) in [5, 5.41) is 3.05. The number of carbonyl (C=O) groups excluding carboxylic acids is 2. The van der Waals surface area contributed by atoms with Gasteiger partial charge in [0.1, 0.15) is 0 Å². The largest absolute Gasteiger partial charge is 0.452 e. The molecule has 144 valence electrons. The van der Waals surface area contributed by atoms with Crippen molar-refractivity contribution in [3.8, 4) is 0 Å². The molecule has 1 aliphatic carbocycles. The lowest BCUT2D eigenvalue weighted by Crippen LogP contribution is -2.45. The fourth-order valence-corrected chi connectivity index (χ4v) is 4.04. The minimum absolute atomic E-state index is 0.178. The van der Waals surface area contributed by atoms with Crippen molar-refractivity contribution >= 4 is 11.9 Å². The van der Waals surface area contributed by atoms with Gasteiger partial charge in [0.05, 0.1) is 5.56 Å². The van der Waals surface area contributed by atoms with Gasteiger partial charge < -0.3 is 10.1 Å². The highest BCUT2D eigenvalue weighted by Crippen LogP contribution is 2.29. The third-order valence-corrected chi connectivity index (χ3v) is 6.59. The van der Waals surface area contributed by atoms with Crippen LogP contribution < -0.4 is 5.32 Å². The highest BCUT2D eigenvalue weighted by atomic mass is 16.5. The van der Waals surface area contributed by atoms with Crippen molar-refractivity contribution in [2.45, 2.75) is 73.8 Å². The van der Waals surface area contributed by atoms with Crippen molar-refractivity contribution in [1.29, 1.82) is 0 Å². The van der Waals surface area contributed by atoms with Crippen LogP contribution in [0, 0.1) is 46.5 Å². The molecule has 3 atom stereocenters. The molecule has 4 heteroatoms. The summed E-state index contributed by atoms with van der Waals surface area (Å²) in [6, 6.07) is 0.178. The van der Waals surface area contributed by atoms with E-state index in [2.05, 4.69) is 26.1 Å². The molecule has 2 rings (SSSR count). The van der Waals surface area contributed by atoms with E-state index in [9.17, 15) is 9.59 Å². The van der Waals surface area contributed by atoms with Gasteiger partial charge >= 0.3 is 5.97 Å². The minimum atomic E-state index is -0.411. The molecule has 0 aromatic heterocycles. The topological polar surface area (TPSA) is 55.4 Å². The van der Waals surface area contributed by atoms with Crippen LogP contribution in [0.25, 0.3) is 0 Å². The molecular formula is C22H33NO3. The first-order valence-electron chi connectivity index (χ1n) is 9.68. The van der Waals surface area contributed by atoms with Crippen molar-refractivity contribution in [2.24, 2.45) is 11.8 Å². The Hall–Kier alpha value is -1.84. The molecule has 1 fully saturated rings. The van der Waals surface area contributed by atoms with Gasteiger partial charge in [-0.15, -0.1) is 0 Å². The Morgan fingerprint density at radius 2 is 1.46 bits per heavy atom. The zero-order valence-corrected chi connectivity index (χ0v) is 17.3. The van der Waals surface area contributed by atoms with Crippen molar-refractivity contribution in [3.05, 3.63) is 33.4 Å². The lowest BCUT2D eigenvalue weighted by atomic mass is 9.78. The highest BCUT2D eigenvalue weighted by Gasteiger charge is 2.28. The van der Waals surface area contributed by atoms with Crippen LogP contribution >= 0.6 is 0 Å². The SMILES string of the molecule is Cc1c(C)c(C)c(C(=O)OCC(=O)N[C@@H]2CCC[C@@H](C)[C@@H]2C)c(C)c1C. The third kappa shape index (κ3) is 4.11. The van der Waals surface area contributed by atoms with E-state index in [0.29, 0.717) is 17.4 Å². The Labute approximate surface area is 157 Å². The molecule has 0 saturated heterocycles. The summed E-state index contributed by atoms with van der Waals surface area (Å²) in [7, 11) is 0. The van der Waals surface area contributed by atoms with Crippen LogP contribution in [0.15, 0.2) is 0 Å². The van der Waals surface area contributed by atoms with Crippen LogP contribution in [0.5, 0.6) is 0 Å². The van der Waals surface area contributed by atoms with Crippen LogP contribution in [0.2, 0.25) is 0 Å². The number of amides is 1. The standard InChI is InChI=1S/C22H33NO3/c1-12-9-8-10-19(13(12)2)23-20(24)11-26-22(25)21-17(6)15(4)14(3)16(5)18(21)7/h12-13,19H,8-11H2,1-7H3,(H,23,24)/t12-,13+,19-/m1/s1. The molecule has 0 spiro atoms. The van der Waals surface area contributed by atoms with Crippen molar-refractivity contribution < 1.29 is 14.3 Å². The summed E-state index contributed by atoms with van der Waals surface area (Å²) in [6.45, 7) is 14.2. The lowest BCUT2D eigenvalue weighted by Gasteiger charge is -2.34. The van der Waals surface area contributed by atoms with Gasteiger partial charge in [-0.2, -0.15) is 0 Å². The molecule has 1 aliphatic rings. The Morgan fingerprint density at radius 1 is 0.923 bits per heavy atom. The Balaban J connectivity index is 2.02. The molecule has 1 saturated carbocycles. The maximum Gasteiger partial charge on any atom is 0.339 e. The first-order valence-corrected chi connectivity index (χ1v) is 9.68. The number of hydrogen-bond donors (Lipinski definition) is 1. The fourth-order valence-electron chi connectivity index (χ4n) is 4.04. The van der Waals surface area contributed by atoms with E-state index in [1.54, 1.807) is 0 Å². The number of rotatable bonds is 4. The normalized spacial score (nSPS) is 22.8. The van der Waals surface area contributed by atoms with Crippen molar-refractivity contribution in [3.63, 3.8) is 0 Å². The maximum absolute atomic E-state index is 12.6. The summed E-state index contributed by atoms with van der Waals surface area (Å²) in [4.78, 5) is 24.9. The molecule has 1 amide bonds. The highest BCUT2D eigenvalue weighted by molar-refractivity contribution is 5.95. The van der Waals surface area contributed by atoms with E-state index < -0.39 is 5.97 Å². The molecule has 1 aromatic carbocycles. The number of ether oxygens (including phenoxy) is 1. The van der Waals surface area contributed by atoms with E-state index in [4.69, 9.17) is 4.74 Å². The monoisotopic (exact) mass is 359 g/mol. The van der Waals surface area contributed by atoms with Gasteiger partial charge in [0.2, 0.25) is 0 Å². The molecule has 4 nitrogen and oxygen atoms in total. The third-order valence-electron chi connectivity index (χ3n) is 6.59. The number of hydrogen-bond acceptors (Lipinski definition) is 3. The number of nitrogens with one attached hydrogen (secondary N) is 1. The zero-order valence-electron chi connectivity index (χ0n) is 17.3. The smallest absolute Gasteiger partial charge is 0.339 e. The summed E-state index contributed by atoms with van der Waals surface area (Å²) >= 11 is 0. The average molecular weight is 360 g/mol.